The largest absolute Gasteiger partial charge is 0.303 e. The van der Waals surface area contributed by atoms with E-state index in [2.05, 4.69) is 20.8 Å². The van der Waals surface area contributed by atoms with Crippen molar-refractivity contribution in [2.75, 3.05) is 5.75 Å². The predicted molar refractivity (Wildman–Crippen MR) is 107 cm³/mol. The van der Waals surface area contributed by atoms with E-state index in [-0.39, 0.29) is 23.4 Å². The van der Waals surface area contributed by atoms with Gasteiger partial charge in [0.25, 0.3) is 5.24 Å². The second-order valence-corrected chi connectivity index (χ2v) is 8.71. The van der Waals surface area contributed by atoms with Gasteiger partial charge in [-0.1, -0.05) is 35.7 Å². The maximum Gasteiger partial charge on any atom is 0.284 e. The summed E-state index contributed by atoms with van der Waals surface area (Å²) in [5, 5.41) is 12.8. The van der Waals surface area contributed by atoms with E-state index in [4.69, 9.17) is 0 Å². The fourth-order valence-corrected chi connectivity index (χ4v) is 4.77. The van der Waals surface area contributed by atoms with Crippen LogP contribution in [-0.2, 0) is 17.6 Å². The standard InChI is InChI=1S/C18H18N4O3S2/c23-13(12-6-5-10-3-1-2-4-11(10)7-12)8-14-16(24)20-17(27-14)22-21-15-9-26-18(25)19-15/h5-7,14H,1-4,8-9H2,(H,19,21,25)(H,20,22,24). The van der Waals surface area contributed by atoms with E-state index in [0.29, 0.717) is 22.3 Å². The summed E-state index contributed by atoms with van der Waals surface area (Å²) >= 11 is 2.31. The minimum absolute atomic E-state index is 0.0388. The molecule has 2 aliphatic heterocycles. The summed E-state index contributed by atoms with van der Waals surface area (Å²) in [6, 6.07) is 5.89. The van der Waals surface area contributed by atoms with Gasteiger partial charge in [-0.2, -0.15) is 0 Å². The molecule has 27 heavy (non-hydrogen) atoms. The lowest BCUT2D eigenvalue weighted by molar-refractivity contribution is -0.118. The van der Waals surface area contributed by atoms with E-state index in [1.807, 2.05) is 18.2 Å². The van der Waals surface area contributed by atoms with Crippen LogP contribution in [0.25, 0.3) is 0 Å². The van der Waals surface area contributed by atoms with Crippen molar-refractivity contribution in [2.45, 2.75) is 37.4 Å². The maximum absolute atomic E-state index is 12.6. The number of carbonyl (C=O) groups excluding carboxylic acids is 3. The second-order valence-electron chi connectivity index (χ2n) is 6.57. The van der Waals surface area contributed by atoms with Gasteiger partial charge in [0, 0.05) is 12.0 Å². The number of hydrogen-bond acceptors (Lipinski definition) is 7. The average Bonchev–Trinajstić information content (AvgIpc) is 3.25. The highest BCUT2D eigenvalue weighted by Crippen LogP contribution is 2.26. The summed E-state index contributed by atoms with van der Waals surface area (Å²) < 4.78 is 0. The van der Waals surface area contributed by atoms with Crippen molar-refractivity contribution >= 4 is 51.5 Å². The predicted octanol–water partition coefficient (Wildman–Crippen LogP) is 2.50. The first kappa shape index (κ1) is 18.2. The Kier molecular flexibility index (Phi) is 5.31. The lowest BCUT2D eigenvalue weighted by Crippen LogP contribution is -2.26. The molecule has 2 fully saturated rings. The smallest absolute Gasteiger partial charge is 0.284 e. The van der Waals surface area contributed by atoms with E-state index in [1.54, 1.807) is 0 Å². The molecule has 1 unspecified atom stereocenters. The molecule has 1 aliphatic carbocycles. The molecule has 0 bridgehead atoms. The second kappa shape index (κ2) is 7.85. The maximum atomic E-state index is 12.6. The molecule has 1 aromatic rings. The molecule has 140 valence electrons. The third kappa shape index (κ3) is 4.24. The highest BCUT2D eigenvalue weighted by molar-refractivity contribution is 8.15. The number of hydrogen-bond donors (Lipinski definition) is 2. The van der Waals surface area contributed by atoms with Crippen molar-refractivity contribution in [1.29, 1.82) is 0 Å². The van der Waals surface area contributed by atoms with Crippen molar-refractivity contribution in [3.05, 3.63) is 34.9 Å². The first-order valence-electron chi connectivity index (χ1n) is 8.79. The molecule has 0 radical (unpaired) electrons. The van der Waals surface area contributed by atoms with Gasteiger partial charge in [-0.15, -0.1) is 10.2 Å². The van der Waals surface area contributed by atoms with Crippen LogP contribution < -0.4 is 10.6 Å². The number of nitrogens with zero attached hydrogens (tertiary/aromatic N) is 2. The van der Waals surface area contributed by atoms with Crippen LogP contribution in [0.2, 0.25) is 0 Å². The monoisotopic (exact) mass is 402 g/mol. The lowest BCUT2D eigenvalue weighted by atomic mass is 9.89. The van der Waals surface area contributed by atoms with Gasteiger partial charge >= 0.3 is 0 Å². The summed E-state index contributed by atoms with van der Waals surface area (Å²) in [6.07, 6.45) is 4.57. The molecule has 1 atom stereocenters. The third-order valence-electron chi connectivity index (χ3n) is 4.67. The fraction of sp³-hybridized carbons (Fsp3) is 0.389. The number of aryl methyl sites for hydroxylation is 2. The van der Waals surface area contributed by atoms with E-state index >= 15 is 0 Å². The lowest BCUT2D eigenvalue weighted by Gasteiger charge is -2.16. The Balaban J connectivity index is 1.40. The van der Waals surface area contributed by atoms with Crippen molar-refractivity contribution in [3.63, 3.8) is 0 Å². The Morgan fingerprint density at radius 3 is 2.70 bits per heavy atom. The first-order valence-corrected chi connectivity index (χ1v) is 10.7. The highest BCUT2D eigenvalue weighted by Gasteiger charge is 2.32. The van der Waals surface area contributed by atoms with Crippen LogP contribution in [0.4, 0.5) is 4.79 Å². The summed E-state index contributed by atoms with van der Waals surface area (Å²) in [5.41, 5.74) is 3.25. The van der Waals surface area contributed by atoms with Gasteiger partial charge in [0.1, 0.15) is 5.84 Å². The van der Waals surface area contributed by atoms with Crippen LogP contribution in [0.5, 0.6) is 0 Å². The zero-order chi connectivity index (χ0) is 18.8. The Morgan fingerprint density at radius 1 is 1.11 bits per heavy atom. The van der Waals surface area contributed by atoms with E-state index < -0.39 is 5.25 Å². The Bertz CT molecular complexity index is 881. The molecule has 4 rings (SSSR count). The number of Topliss-reactive ketones (excluding diaryl/α,β-unsaturated/α-hetero) is 1. The van der Waals surface area contributed by atoms with Gasteiger partial charge in [-0.05, 0) is 42.9 Å². The minimum atomic E-state index is -0.514. The van der Waals surface area contributed by atoms with Gasteiger partial charge in [0.2, 0.25) is 5.91 Å². The van der Waals surface area contributed by atoms with Crippen LogP contribution in [-0.4, -0.2) is 38.9 Å². The fourth-order valence-electron chi connectivity index (χ4n) is 3.26. The molecule has 0 saturated carbocycles. The summed E-state index contributed by atoms with van der Waals surface area (Å²) in [5.74, 6) is 0.619. The highest BCUT2D eigenvalue weighted by atomic mass is 32.2. The minimum Gasteiger partial charge on any atom is -0.303 e. The molecule has 2 N–H and O–H groups in total. The van der Waals surface area contributed by atoms with Gasteiger partial charge in [-0.3, -0.25) is 14.4 Å². The van der Waals surface area contributed by atoms with Gasteiger partial charge in [-0.25, -0.2) is 0 Å². The number of benzene rings is 1. The van der Waals surface area contributed by atoms with Crippen molar-refractivity contribution in [2.24, 2.45) is 10.2 Å². The Morgan fingerprint density at radius 2 is 1.93 bits per heavy atom. The molecule has 3 aliphatic rings. The quantitative estimate of drug-likeness (QED) is 0.595. The van der Waals surface area contributed by atoms with E-state index in [9.17, 15) is 14.4 Å². The normalized spacial score (nSPS) is 24.8. The van der Waals surface area contributed by atoms with E-state index in [0.717, 1.165) is 31.0 Å². The van der Waals surface area contributed by atoms with Crippen LogP contribution in [0, 0.1) is 0 Å². The summed E-state index contributed by atoms with van der Waals surface area (Å²) in [7, 11) is 0. The molecular formula is C18H18N4O3S2. The first-order chi connectivity index (χ1) is 13.1. The molecule has 0 spiro atoms. The SMILES string of the molecule is O=C1NC(=NN=C2NC(=O)C(CC(=O)c3ccc4c(c3)CCCC4)S2)CS1. The van der Waals surface area contributed by atoms with Crippen molar-refractivity contribution in [1.82, 2.24) is 10.6 Å². The number of carbonyl (C=O) groups is 3. The topological polar surface area (TPSA) is 100.0 Å². The van der Waals surface area contributed by atoms with Crippen molar-refractivity contribution in [3.8, 4) is 0 Å². The molecule has 7 nitrogen and oxygen atoms in total. The zero-order valence-electron chi connectivity index (χ0n) is 14.5. The van der Waals surface area contributed by atoms with E-state index in [1.165, 1.54) is 29.3 Å². The molecule has 2 heterocycles. The van der Waals surface area contributed by atoms with Crippen molar-refractivity contribution < 1.29 is 14.4 Å². The third-order valence-corrected chi connectivity index (χ3v) is 6.52. The molecule has 2 saturated heterocycles. The number of amidine groups is 2. The van der Waals surface area contributed by atoms with Crippen LogP contribution in [0.3, 0.4) is 0 Å². The number of amides is 2. The number of thioether (sulfide) groups is 2. The van der Waals surface area contributed by atoms with Gasteiger partial charge in [0.15, 0.2) is 11.0 Å². The molecule has 2 amide bonds. The number of rotatable bonds is 4. The molecule has 1 aromatic carbocycles. The Labute approximate surface area is 164 Å². The van der Waals surface area contributed by atoms with Gasteiger partial charge < -0.3 is 10.6 Å². The average molecular weight is 403 g/mol. The number of nitrogens with one attached hydrogen (secondary N) is 2. The number of fused-ring (bicyclic) bond motifs is 1. The molecular weight excluding hydrogens is 384 g/mol. The Hall–Kier alpha value is -2.13. The summed E-state index contributed by atoms with van der Waals surface area (Å²) in [6.45, 7) is 0. The zero-order valence-corrected chi connectivity index (χ0v) is 16.1. The van der Waals surface area contributed by atoms with Crippen LogP contribution in [0.1, 0.15) is 40.7 Å². The van der Waals surface area contributed by atoms with Gasteiger partial charge in [0.05, 0.1) is 11.0 Å². The molecule has 9 heteroatoms. The van der Waals surface area contributed by atoms with Crippen LogP contribution >= 0.6 is 23.5 Å². The number of ketones is 1. The van der Waals surface area contributed by atoms with Crippen LogP contribution in [0.15, 0.2) is 28.4 Å². The molecule has 0 aromatic heterocycles. The summed E-state index contributed by atoms with van der Waals surface area (Å²) in [4.78, 5) is 35.9.